The van der Waals surface area contributed by atoms with Crippen molar-refractivity contribution in [2.75, 3.05) is 6.54 Å². The molecule has 1 aromatic heterocycles. The van der Waals surface area contributed by atoms with Gasteiger partial charge in [-0.25, -0.2) is 4.39 Å². The number of benzene rings is 1. The number of rotatable bonds is 4. The first-order chi connectivity index (χ1) is 9.81. The van der Waals surface area contributed by atoms with Gasteiger partial charge in [0, 0.05) is 17.0 Å². The third-order valence-electron chi connectivity index (χ3n) is 3.28. The molecule has 21 heavy (non-hydrogen) atoms. The summed E-state index contributed by atoms with van der Waals surface area (Å²) in [5.74, 6) is -1.99. The Bertz CT molecular complexity index is 705. The fourth-order valence-corrected chi connectivity index (χ4v) is 2.16. The molecule has 0 radical (unpaired) electrons. The number of furan rings is 1. The summed E-state index contributed by atoms with van der Waals surface area (Å²) >= 11 is 0. The van der Waals surface area contributed by atoms with Gasteiger partial charge in [-0.1, -0.05) is 0 Å². The van der Waals surface area contributed by atoms with Gasteiger partial charge in [-0.15, -0.1) is 0 Å². The number of aliphatic carboxylic acids is 1. The number of carboxylic acid groups (broad SMARTS) is 1. The third kappa shape index (κ3) is 2.89. The molecule has 0 aliphatic carbocycles. The predicted octanol–water partition coefficient (Wildman–Crippen LogP) is 2.82. The van der Waals surface area contributed by atoms with Crippen LogP contribution in [0.4, 0.5) is 4.39 Å². The van der Waals surface area contributed by atoms with E-state index in [0.29, 0.717) is 16.5 Å². The molecule has 0 saturated carbocycles. The Morgan fingerprint density at radius 3 is 2.62 bits per heavy atom. The van der Waals surface area contributed by atoms with E-state index >= 15 is 0 Å². The van der Waals surface area contributed by atoms with E-state index in [2.05, 4.69) is 0 Å². The maximum Gasteiger partial charge on any atom is 0.323 e. The molecule has 0 atom stereocenters. The SMILES string of the molecule is Cc1c(C(=O)N(CC(=O)O)C(C)C)oc2ccc(F)cc12. The largest absolute Gasteiger partial charge is 0.480 e. The van der Waals surface area contributed by atoms with E-state index in [-0.39, 0.29) is 11.8 Å². The van der Waals surface area contributed by atoms with Gasteiger partial charge in [-0.05, 0) is 39.0 Å². The Morgan fingerprint density at radius 1 is 1.38 bits per heavy atom. The average Bonchev–Trinajstić information content (AvgIpc) is 2.72. The summed E-state index contributed by atoms with van der Waals surface area (Å²) in [7, 11) is 0. The Kier molecular flexibility index (Phi) is 3.97. The Hall–Kier alpha value is -2.37. The number of hydrogen-bond donors (Lipinski definition) is 1. The molecule has 0 spiro atoms. The van der Waals surface area contributed by atoms with Gasteiger partial charge in [0.05, 0.1) is 0 Å². The van der Waals surface area contributed by atoms with Crippen LogP contribution in [0.2, 0.25) is 0 Å². The number of hydrogen-bond acceptors (Lipinski definition) is 3. The summed E-state index contributed by atoms with van der Waals surface area (Å²) in [5.41, 5.74) is 0.904. The first kappa shape index (κ1) is 15.0. The quantitative estimate of drug-likeness (QED) is 0.941. The molecule has 0 fully saturated rings. The van der Waals surface area contributed by atoms with Gasteiger partial charge in [-0.2, -0.15) is 0 Å². The number of nitrogens with zero attached hydrogens (tertiary/aromatic N) is 1. The normalized spacial score (nSPS) is 11.1. The van der Waals surface area contributed by atoms with E-state index in [4.69, 9.17) is 9.52 Å². The van der Waals surface area contributed by atoms with Crippen molar-refractivity contribution in [3.05, 3.63) is 35.3 Å². The molecule has 1 amide bonds. The lowest BCUT2D eigenvalue weighted by atomic mass is 10.1. The van der Waals surface area contributed by atoms with E-state index in [0.717, 1.165) is 0 Å². The van der Waals surface area contributed by atoms with E-state index in [1.165, 1.54) is 23.1 Å². The first-order valence-electron chi connectivity index (χ1n) is 6.52. The highest BCUT2D eigenvalue weighted by Gasteiger charge is 2.26. The zero-order valence-corrected chi connectivity index (χ0v) is 12.0. The number of fused-ring (bicyclic) bond motifs is 1. The molecular formula is C15H16FNO4. The molecule has 0 bridgehead atoms. The molecule has 0 aliphatic rings. The van der Waals surface area contributed by atoms with Crippen LogP contribution in [-0.4, -0.2) is 34.5 Å². The van der Waals surface area contributed by atoms with Crippen LogP contribution in [0.3, 0.4) is 0 Å². The van der Waals surface area contributed by atoms with Crippen LogP contribution >= 0.6 is 0 Å². The van der Waals surface area contributed by atoms with Crippen LogP contribution in [0, 0.1) is 12.7 Å². The average molecular weight is 293 g/mol. The number of carbonyl (C=O) groups excluding carboxylic acids is 1. The van der Waals surface area contributed by atoms with E-state index in [1.54, 1.807) is 20.8 Å². The second kappa shape index (κ2) is 5.55. The van der Waals surface area contributed by atoms with Crippen LogP contribution < -0.4 is 0 Å². The van der Waals surface area contributed by atoms with Gasteiger partial charge in [-0.3, -0.25) is 9.59 Å². The topological polar surface area (TPSA) is 70.8 Å². The fourth-order valence-electron chi connectivity index (χ4n) is 2.16. The Morgan fingerprint density at radius 2 is 2.05 bits per heavy atom. The monoisotopic (exact) mass is 293 g/mol. The number of carbonyl (C=O) groups is 2. The minimum atomic E-state index is -1.10. The molecule has 0 saturated heterocycles. The lowest BCUT2D eigenvalue weighted by Gasteiger charge is -2.23. The second-order valence-corrected chi connectivity index (χ2v) is 5.12. The fraction of sp³-hybridized carbons (Fsp3) is 0.333. The summed E-state index contributed by atoms with van der Waals surface area (Å²) < 4.78 is 18.7. The molecule has 0 unspecified atom stereocenters. The molecule has 1 aromatic carbocycles. The molecule has 5 nitrogen and oxygen atoms in total. The van der Waals surface area contributed by atoms with Crippen molar-refractivity contribution < 1.29 is 23.5 Å². The maximum atomic E-state index is 13.3. The first-order valence-corrected chi connectivity index (χ1v) is 6.52. The number of carboxylic acids is 1. The molecule has 2 aromatic rings. The van der Waals surface area contributed by atoms with Gasteiger partial charge in [0.2, 0.25) is 0 Å². The molecule has 6 heteroatoms. The van der Waals surface area contributed by atoms with Crippen molar-refractivity contribution in [1.29, 1.82) is 0 Å². The number of halogens is 1. The van der Waals surface area contributed by atoms with E-state index in [9.17, 15) is 14.0 Å². The zero-order valence-electron chi connectivity index (χ0n) is 12.0. The summed E-state index contributed by atoms with van der Waals surface area (Å²) in [6.07, 6.45) is 0. The highest BCUT2D eigenvalue weighted by Crippen LogP contribution is 2.27. The Balaban J connectivity index is 2.47. The van der Waals surface area contributed by atoms with Crippen molar-refractivity contribution in [2.24, 2.45) is 0 Å². The Labute approximate surface area is 121 Å². The number of amides is 1. The van der Waals surface area contributed by atoms with Crippen molar-refractivity contribution in [3.63, 3.8) is 0 Å². The summed E-state index contributed by atoms with van der Waals surface area (Å²) in [6.45, 7) is 4.68. The van der Waals surface area contributed by atoms with Crippen LogP contribution in [0.15, 0.2) is 22.6 Å². The zero-order chi connectivity index (χ0) is 15.7. The van der Waals surface area contributed by atoms with Crippen LogP contribution in [0.25, 0.3) is 11.0 Å². The standard InChI is InChI=1S/C15H16FNO4/c1-8(2)17(7-13(18)19)15(20)14-9(3)11-6-10(16)4-5-12(11)21-14/h4-6,8H,7H2,1-3H3,(H,18,19). The van der Waals surface area contributed by atoms with Crippen LogP contribution in [0.1, 0.15) is 30.0 Å². The van der Waals surface area contributed by atoms with Crippen LogP contribution in [-0.2, 0) is 4.79 Å². The van der Waals surface area contributed by atoms with Gasteiger partial charge in [0.25, 0.3) is 5.91 Å². The minimum absolute atomic E-state index is 0.0468. The molecule has 0 aliphatic heterocycles. The van der Waals surface area contributed by atoms with Crippen molar-refractivity contribution in [2.45, 2.75) is 26.8 Å². The van der Waals surface area contributed by atoms with Crippen molar-refractivity contribution in [3.8, 4) is 0 Å². The molecule has 112 valence electrons. The maximum absolute atomic E-state index is 13.3. The number of aryl methyl sites for hydroxylation is 1. The molecule has 1 N–H and O–H groups in total. The smallest absolute Gasteiger partial charge is 0.323 e. The second-order valence-electron chi connectivity index (χ2n) is 5.12. The molecular weight excluding hydrogens is 277 g/mol. The molecule has 1 heterocycles. The van der Waals surface area contributed by atoms with Crippen molar-refractivity contribution in [1.82, 2.24) is 4.90 Å². The van der Waals surface area contributed by atoms with Crippen LogP contribution in [0.5, 0.6) is 0 Å². The lowest BCUT2D eigenvalue weighted by molar-refractivity contribution is -0.138. The highest BCUT2D eigenvalue weighted by atomic mass is 19.1. The third-order valence-corrected chi connectivity index (χ3v) is 3.28. The lowest BCUT2D eigenvalue weighted by Crippen LogP contribution is -2.40. The van der Waals surface area contributed by atoms with Gasteiger partial charge < -0.3 is 14.4 Å². The van der Waals surface area contributed by atoms with Gasteiger partial charge in [0.15, 0.2) is 5.76 Å². The van der Waals surface area contributed by atoms with E-state index in [1.807, 2.05) is 0 Å². The summed E-state index contributed by atoms with van der Waals surface area (Å²) in [6, 6.07) is 3.70. The summed E-state index contributed by atoms with van der Waals surface area (Å²) in [5, 5.41) is 9.41. The van der Waals surface area contributed by atoms with Gasteiger partial charge in [0.1, 0.15) is 17.9 Å². The van der Waals surface area contributed by atoms with Gasteiger partial charge >= 0.3 is 5.97 Å². The summed E-state index contributed by atoms with van der Waals surface area (Å²) in [4.78, 5) is 24.5. The highest BCUT2D eigenvalue weighted by molar-refractivity contribution is 6.00. The van der Waals surface area contributed by atoms with Crippen molar-refractivity contribution >= 4 is 22.8 Å². The predicted molar refractivity (Wildman–Crippen MR) is 74.7 cm³/mol. The minimum Gasteiger partial charge on any atom is -0.480 e. The molecule has 2 rings (SSSR count). The van der Waals surface area contributed by atoms with E-state index < -0.39 is 24.2 Å².